The van der Waals surface area contributed by atoms with E-state index in [1.165, 1.54) is 0 Å². The summed E-state index contributed by atoms with van der Waals surface area (Å²) in [5.74, 6) is -0.787. The molecule has 2 unspecified atom stereocenters. The van der Waals surface area contributed by atoms with Gasteiger partial charge in [-0.05, 0) is 18.1 Å². The molecule has 1 aromatic rings. The third-order valence-corrected chi connectivity index (χ3v) is 3.83. The van der Waals surface area contributed by atoms with Crippen molar-refractivity contribution in [2.75, 3.05) is 6.54 Å². The Kier molecular flexibility index (Phi) is 3.81. The summed E-state index contributed by atoms with van der Waals surface area (Å²) in [6, 6.07) is 7.34. The van der Waals surface area contributed by atoms with Gasteiger partial charge in [-0.2, -0.15) is 0 Å². The Balaban J connectivity index is 2.13. The molecule has 0 saturated carbocycles. The minimum atomic E-state index is -0.787. The van der Waals surface area contributed by atoms with Gasteiger partial charge in [-0.25, -0.2) is 0 Å². The average molecular weight is 299 g/mol. The summed E-state index contributed by atoms with van der Waals surface area (Å²) in [6.45, 7) is 1.25. The maximum Gasteiger partial charge on any atom is 0.320 e. The Labute approximate surface area is 109 Å². The van der Waals surface area contributed by atoms with Crippen LogP contribution < -0.4 is 5.73 Å². The first-order valence-electron chi connectivity index (χ1n) is 5.54. The normalized spacial score (nSPS) is 25.1. The molecule has 0 amide bonds. The fourth-order valence-electron chi connectivity index (χ4n) is 2.22. The fourth-order valence-corrected chi connectivity index (χ4v) is 2.63. The Morgan fingerprint density at radius 1 is 1.53 bits per heavy atom. The van der Waals surface area contributed by atoms with Crippen molar-refractivity contribution < 1.29 is 9.90 Å². The highest BCUT2D eigenvalue weighted by Gasteiger charge is 2.35. The highest BCUT2D eigenvalue weighted by Crippen LogP contribution is 2.23. The van der Waals surface area contributed by atoms with Crippen LogP contribution in [-0.4, -0.2) is 34.6 Å². The lowest BCUT2D eigenvalue weighted by Crippen LogP contribution is -2.35. The number of hydrogen-bond donors (Lipinski definition) is 2. The van der Waals surface area contributed by atoms with Crippen LogP contribution in [0.3, 0.4) is 0 Å². The lowest BCUT2D eigenvalue weighted by atomic mass is 10.1. The molecule has 1 heterocycles. The lowest BCUT2D eigenvalue weighted by molar-refractivity contribution is -0.142. The average Bonchev–Trinajstić information content (AvgIpc) is 2.63. The standard InChI is InChI=1S/C12H15BrN2O2/c13-10-4-2-1-3-8(10)6-15-7-9(14)5-11(15)12(16)17/h1-4,9,11H,5-7,14H2,(H,16,17). The van der Waals surface area contributed by atoms with Gasteiger partial charge in [0.1, 0.15) is 6.04 Å². The summed E-state index contributed by atoms with van der Waals surface area (Å²) in [4.78, 5) is 13.0. The molecular weight excluding hydrogens is 284 g/mol. The van der Waals surface area contributed by atoms with Crippen LogP contribution in [0.15, 0.2) is 28.7 Å². The van der Waals surface area contributed by atoms with Crippen LogP contribution in [0.5, 0.6) is 0 Å². The molecule has 0 spiro atoms. The van der Waals surface area contributed by atoms with Crippen LogP contribution in [0.25, 0.3) is 0 Å². The van der Waals surface area contributed by atoms with Gasteiger partial charge in [-0.1, -0.05) is 34.1 Å². The lowest BCUT2D eigenvalue weighted by Gasteiger charge is -2.21. The van der Waals surface area contributed by atoms with Crippen molar-refractivity contribution in [2.24, 2.45) is 5.73 Å². The van der Waals surface area contributed by atoms with E-state index in [1.807, 2.05) is 29.2 Å². The number of carboxylic acid groups (broad SMARTS) is 1. The number of nitrogens with zero attached hydrogens (tertiary/aromatic N) is 1. The van der Waals surface area contributed by atoms with Gasteiger partial charge in [0, 0.05) is 23.6 Å². The van der Waals surface area contributed by atoms with E-state index in [1.54, 1.807) is 0 Å². The second-order valence-electron chi connectivity index (χ2n) is 4.37. The number of carbonyl (C=O) groups is 1. The van der Waals surface area contributed by atoms with Crippen LogP contribution in [0.1, 0.15) is 12.0 Å². The summed E-state index contributed by atoms with van der Waals surface area (Å²) in [7, 11) is 0. The zero-order valence-electron chi connectivity index (χ0n) is 9.34. The highest BCUT2D eigenvalue weighted by atomic mass is 79.9. The molecule has 92 valence electrons. The molecule has 1 aliphatic heterocycles. The number of nitrogens with two attached hydrogens (primary N) is 1. The number of hydrogen-bond acceptors (Lipinski definition) is 3. The van der Waals surface area contributed by atoms with Crippen molar-refractivity contribution >= 4 is 21.9 Å². The molecule has 0 aliphatic carbocycles. The van der Waals surface area contributed by atoms with Gasteiger partial charge < -0.3 is 10.8 Å². The smallest absolute Gasteiger partial charge is 0.320 e. The molecule has 5 heteroatoms. The topological polar surface area (TPSA) is 66.6 Å². The monoisotopic (exact) mass is 298 g/mol. The second kappa shape index (κ2) is 5.16. The predicted octanol–water partition coefficient (Wildman–Crippen LogP) is 1.44. The van der Waals surface area contributed by atoms with E-state index in [4.69, 9.17) is 10.8 Å². The molecular formula is C12H15BrN2O2. The van der Waals surface area contributed by atoms with Gasteiger partial charge in [0.05, 0.1) is 0 Å². The van der Waals surface area contributed by atoms with Gasteiger partial charge in [-0.15, -0.1) is 0 Å². The summed E-state index contributed by atoms with van der Waals surface area (Å²) >= 11 is 3.47. The van der Waals surface area contributed by atoms with Crippen molar-refractivity contribution in [3.05, 3.63) is 34.3 Å². The van der Waals surface area contributed by atoms with Crippen molar-refractivity contribution in [1.82, 2.24) is 4.90 Å². The molecule has 0 radical (unpaired) electrons. The molecule has 1 saturated heterocycles. The van der Waals surface area contributed by atoms with Crippen LogP contribution in [0, 0.1) is 0 Å². The molecule has 4 nitrogen and oxygen atoms in total. The first kappa shape index (κ1) is 12.5. The van der Waals surface area contributed by atoms with Gasteiger partial charge >= 0.3 is 5.97 Å². The number of halogens is 1. The molecule has 1 fully saturated rings. The third kappa shape index (κ3) is 2.86. The number of carboxylic acids is 1. The minimum Gasteiger partial charge on any atom is -0.480 e. The molecule has 1 aliphatic rings. The first-order valence-corrected chi connectivity index (χ1v) is 6.33. The molecule has 2 rings (SSSR count). The summed E-state index contributed by atoms with van der Waals surface area (Å²) in [6.07, 6.45) is 0.528. The van der Waals surface area contributed by atoms with E-state index in [-0.39, 0.29) is 6.04 Å². The van der Waals surface area contributed by atoms with Crippen molar-refractivity contribution in [3.63, 3.8) is 0 Å². The fraction of sp³-hybridized carbons (Fsp3) is 0.417. The number of likely N-dealkylation sites (tertiary alicyclic amines) is 1. The summed E-state index contributed by atoms with van der Waals surface area (Å²) in [5, 5.41) is 9.14. The largest absolute Gasteiger partial charge is 0.480 e. The predicted molar refractivity (Wildman–Crippen MR) is 68.6 cm³/mol. The Hall–Kier alpha value is -0.910. The number of aliphatic carboxylic acids is 1. The third-order valence-electron chi connectivity index (χ3n) is 3.05. The zero-order chi connectivity index (χ0) is 12.4. The van der Waals surface area contributed by atoms with Crippen LogP contribution in [0.2, 0.25) is 0 Å². The van der Waals surface area contributed by atoms with Gasteiger partial charge in [-0.3, -0.25) is 9.69 Å². The quantitative estimate of drug-likeness (QED) is 0.886. The Morgan fingerprint density at radius 2 is 2.24 bits per heavy atom. The van der Waals surface area contributed by atoms with Crippen LogP contribution >= 0.6 is 15.9 Å². The summed E-state index contributed by atoms with van der Waals surface area (Å²) < 4.78 is 1.00. The van der Waals surface area contributed by atoms with E-state index in [0.29, 0.717) is 19.5 Å². The van der Waals surface area contributed by atoms with Gasteiger partial charge in [0.2, 0.25) is 0 Å². The highest BCUT2D eigenvalue weighted by molar-refractivity contribution is 9.10. The van der Waals surface area contributed by atoms with Crippen LogP contribution in [0.4, 0.5) is 0 Å². The summed E-state index contributed by atoms with van der Waals surface area (Å²) in [5.41, 5.74) is 6.92. The van der Waals surface area contributed by atoms with Crippen molar-refractivity contribution in [1.29, 1.82) is 0 Å². The molecule has 0 bridgehead atoms. The maximum absolute atomic E-state index is 11.1. The Bertz CT molecular complexity index is 425. The van der Waals surface area contributed by atoms with Crippen molar-refractivity contribution in [3.8, 4) is 0 Å². The van der Waals surface area contributed by atoms with Gasteiger partial charge in [0.15, 0.2) is 0 Å². The van der Waals surface area contributed by atoms with E-state index in [0.717, 1.165) is 10.0 Å². The SMILES string of the molecule is NC1CC(C(=O)O)N(Cc2ccccc2Br)C1. The maximum atomic E-state index is 11.1. The minimum absolute atomic E-state index is 0.0430. The molecule has 1 aromatic carbocycles. The number of benzene rings is 1. The molecule has 2 atom stereocenters. The zero-order valence-corrected chi connectivity index (χ0v) is 10.9. The van der Waals surface area contributed by atoms with E-state index < -0.39 is 12.0 Å². The van der Waals surface area contributed by atoms with E-state index >= 15 is 0 Å². The molecule has 3 N–H and O–H groups in total. The van der Waals surface area contributed by atoms with E-state index in [9.17, 15) is 4.79 Å². The second-order valence-corrected chi connectivity index (χ2v) is 5.23. The van der Waals surface area contributed by atoms with Crippen molar-refractivity contribution in [2.45, 2.75) is 25.0 Å². The van der Waals surface area contributed by atoms with Gasteiger partial charge in [0.25, 0.3) is 0 Å². The first-order chi connectivity index (χ1) is 8.08. The molecule has 0 aromatic heterocycles. The van der Waals surface area contributed by atoms with Crippen LogP contribution in [-0.2, 0) is 11.3 Å². The van der Waals surface area contributed by atoms with E-state index in [2.05, 4.69) is 15.9 Å². The molecule has 17 heavy (non-hydrogen) atoms. The number of rotatable bonds is 3. The Morgan fingerprint density at radius 3 is 2.88 bits per heavy atom.